The molecular formula is C19H18N2O3S. The number of ether oxygens (including phenoxy) is 1. The maximum Gasteiger partial charge on any atom is 0.357 e. The zero-order valence-electron chi connectivity index (χ0n) is 14.1. The van der Waals surface area contributed by atoms with Gasteiger partial charge in [-0.05, 0) is 36.1 Å². The molecular weight excluding hydrogens is 336 g/mol. The molecule has 0 fully saturated rings. The molecule has 0 unspecified atom stereocenters. The summed E-state index contributed by atoms with van der Waals surface area (Å²) in [6, 6.07) is 12.9. The molecule has 0 aliphatic rings. The molecule has 0 radical (unpaired) electrons. The van der Waals surface area contributed by atoms with Crippen molar-refractivity contribution in [2.75, 3.05) is 13.7 Å². The van der Waals surface area contributed by atoms with Crippen LogP contribution in [0, 0.1) is 6.92 Å². The average molecular weight is 354 g/mol. The van der Waals surface area contributed by atoms with Crippen molar-refractivity contribution in [3.05, 3.63) is 64.0 Å². The monoisotopic (exact) mass is 354 g/mol. The fourth-order valence-electron chi connectivity index (χ4n) is 2.36. The van der Waals surface area contributed by atoms with E-state index in [1.165, 1.54) is 0 Å². The van der Waals surface area contributed by atoms with Gasteiger partial charge in [-0.2, -0.15) is 0 Å². The summed E-state index contributed by atoms with van der Waals surface area (Å²) in [5.41, 5.74) is 2.07. The highest BCUT2D eigenvalue weighted by Crippen LogP contribution is 2.17. The third-order valence-electron chi connectivity index (χ3n) is 3.91. The van der Waals surface area contributed by atoms with Crippen molar-refractivity contribution in [3.63, 3.8) is 0 Å². The van der Waals surface area contributed by atoms with Crippen molar-refractivity contribution in [2.45, 2.75) is 13.5 Å². The molecule has 0 atom stereocenters. The van der Waals surface area contributed by atoms with E-state index in [2.05, 4.69) is 4.98 Å². The van der Waals surface area contributed by atoms with E-state index in [0.29, 0.717) is 12.1 Å². The second-order valence-corrected chi connectivity index (χ2v) is 6.74. The summed E-state index contributed by atoms with van der Waals surface area (Å²) in [6.07, 6.45) is 0. The first-order chi connectivity index (χ1) is 12.0. The summed E-state index contributed by atoms with van der Waals surface area (Å²) >= 11 is 1.61. The predicted molar refractivity (Wildman–Crippen MR) is 97.6 cm³/mol. The minimum absolute atomic E-state index is 0.197. The van der Waals surface area contributed by atoms with E-state index in [-0.39, 0.29) is 18.2 Å². The molecule has 2 heterocycles. The zero-order valence-corrected chi connectivity index (χ0v) is 14.9. The summed E-state index contributed by atoms with van der Waals surface area (Å²) in [5, 5.41) is 2.94. The molecule has 0 aliphatic heterocycles. The smallest absolute Gasteiger partial charge is 0.357 e. The number of aromatic nitrogens is 1. The van der Waals surface area contributed by atoms with Gasteiger partial charge in [-0.15, -0.1) is 11.3 Å². The third kappa shape index (κ3) is 4.03. The van der Waals surface area contributed by atoms with Crippen LogP contribution in [0.5, 0.6) is 0 Å². The molecule has 2 aromatic heterocycles. The molecule has 25 heavy (non-hydrogen) atoms. The number of para-hydroxylation sites is 1. The van der Waals surface area contributed by atoms with Crippen LogP contribution in [0.25, 0.3) is 10.9 Å². The van der Waals surface area contributed by atoms with Crippen molar-refractivity contribution in [1.82, 2.24) is 9.88 Å². The number of hydrogen-bond donors (Lipinski definition) is 0. The quantitative estimate of drug-likeness (QED) is 0.659. The number of thiophene rings is 1. The van der Waals surface area contributed by atoms with Gasteiger partial charge in [-0.25, -0.2) is 9.78 Å². The van der Waals surface area contributed by atoms with Crippen LogP contribution >= 0.6 is 11.3 Å². The van der Waals surface area contributed by atoms with Gasteiger partial charge in [0, 0.05) is 17.3 Å². The first-order valence-corrected chi connectivity index (χ1v) is 8.72. The molecule has 0 spiro atoms. The van der Waals surface area contributed by atoms with Crippen molar-refractivity contribution < 1.29 is 14.3 Å². The number of rotatable bonds is 5. The lowest BCUT2D eigenvalue weighted by atomic mass is 10.2. The predicted octanol–water partition coefficient (Wildman–Crippen LogP) is 3.42. The average Bonchev–Trinajstić information content (AvgIpc) is 3.03. The highest BCUT2D eigenvalue weighted by atomic mass is 32.1. The number of nitrogens with zero attached hydrogens (tertiary/aromatic N) is 2. The minimum atomic E-state index is -0.597. The van der Waals surface area contributed by atoms with E-state index in [1.54, 1.807) is 29.4 Å². The Bertz CT molecular complexity index is 920. The van der Waals surface area contributed by atoms with Gasteiger partial charge in [0.25, 0.3) is 5.91 Å². The Balaban J connectivity index is 1.59. The highest BCUT2D eigenvalue weighted by Gasteiger charge is 2.16. The number of hydrogen-bond acceptors (Lipinski definition) is 5. The first-order valence-electron chi connectivity index (χ1n) is 7.84. The largest absolute Gasteiger partial charge is 0.451 e. The lowest BCUT2D eigenvalue weighted by molar-refractivity contribution is -0.133. The van der Waals surface area contributed by atoms with Crippen LogP contribution in [0.1, 0.15) is 20.9 Å². The van der Waals surface area contributed by atoms with Crippen molar-refractivity contribution in [3.8, 4) is 0 Å². The summed E-state index contributed by atoms with van der Waals surface area (Å²) in [7, 11) is 1.70. The van der Waals surface area contributed by atoms with E-state index in [1.807, 2.05) is 48.7 Å². The number of carbonyl (C=O) groups excluding carboxylic acids is 2. The van der Waals surface area contributed by atoms with Crippen LogP contribution in [0.2, 0.25) is 0 Å². The normalized spacial score (nSPS) is 10.6. The van der Waals surface area contributed by atoms with Crippen molar-refractivity contribution in [1.29, 1.82) is 0 Å². The first kappa shape index (κ1) is 17.1. The number of aryl methyl sites for hydroxylation is 1. The van der Waals surface area contributed by atoms with Crippen LogP contribution in [0.15, 0.2) is 47.8 Å². The van der Waals surface area contributed by atoms with Crippen LogP contribution < -0.4 is 0 Å². The molecule has 128 valence electrons. The number of fused-ring (bicyclic) bond motifs is 1. The number of benzene rings is 1. The Hall–Kier alpha value is -2.73. The molecule has 0 aliphatic carbocycles. The lowest BCUT2D eigenvalue weighted by Gasteiger charge is -2.16. The van der Waals surface area contributed by atoms with Crippen molar-refractivity contribution in [2.24, 2.45) is 0 Å². The van der Waals surface area contributed by atoms with Gasteiger partial charge < -0.3 is 9.64 Å². The molecule has 6 heteroatoms. The molecule has 3 aromatic rings. The molecule has 1 aromatic carbocycles. The van der Waals surface area contributed by atoms with Crippen LogP contribution in [-0.4, -0.2) is 35.4 Å². The van der Waals surface area contributed by atoms with Gasteiger partial charge in [0.1, 0.15) is 5.69 Å². The van der Waals surface area contributed by atoms with Gasteiger partial charge in [0.15, 0.2) is 6.61 Å². The van der Waals surface area contributed by atoms with E-state index >= 15 is 0 Å². The van der Waals surface area contributed by atoms with Gasteiger partial charge in [-0.3, -0.25) is 4.79 Å². The summed E-state index contributed by atoms with van der Waals surface area (Å²) in [4.78, 5) is 31.2. The molecule has 3 rings (SSSR count). The molecule has 0 saturated carbocycles. The molecule has 1 amide bonds. The number of pyridine rings is 1. The van der Waals surface area contributed by atoms with Crippen LogP contribution in [0.4, 0.5) is 0 Å². The Morgan fingerprint density at radius 2 is 1.96 bits per heavy atom. The summed E-state index contributed by atoms with van der Waals surface area (Å²) in [5.74, 6) is -0.846. The van der Waals surface area contributed by atoms with Crippen LogP contribution in [-0.2, 0) is 16.1 Å². The van der Waals surface area contributed by atoms with E-state index in [4.69, 9.17) is 4.74 Å². The fraction of sp³-hybridized carbons (Fsp3) is 0.211. The standard InChI is InChI=1S/C19H18N2O3S/c1-13-9-10-25-17(13)11-21(2)18(22)12-24-19(23)16-8-7-14-5-3-4-6-15(14)20-16/h3-10H,11-12H2,1-2H3. The topological polar surface area (TPSA) is 59.5 Å². The second-order valence-electron chi connectivity index (χ2n) is 5.74. The molecule has 0 bridgehead atoms. The van der Waals surface area contributed by atoms with Crippen LogP contribution in [0.3, 0.4) is 0 Å². The lowest BCUT2D eigenvalue weighted by Crippen LogP contribution is -2.30. The molecule has 0 saturated heterocycles. The SMILES string of the molecule is Cc1ccsc1CN(C)C(=O)COC(=O)c1ccc2ccccc2n1. The number of likely N-dealkylation sites (N-methyl/N-ethyl adjacent to an activating group) is 1. The highest BCUT2D eigenvalue weighted by molar-refractivity contribution is 7.10. The van der Waals surface area contributed by atoms with Crippen molar-refractivity contribution >= 4 is 34.1 Å². The van der Waals surface area contributed by atoms with Gasteiger partial charge in [0.05, 0.1) is 12.1 Å². The Morgan fingerprint density at radius 1 is 1.16 bits per heavy atom. The van der Waals surface area contributed by atoms with Gasteiger partial charge in [-0.1, -0.05) is 24.3 Å². The molecule has 5 nitrogen and oxygen atoms in total. The zero-order chi connectivity index (χ0) is 17.8. The maximum atomic E-state index is 12.2. The second kappa shape index (κ2) is 7.44. The summed E-state index contributed by atoms with van der Waals surface area (Å²) in [6.45, 7) is 2.22. The Labute approximate surface area is 149 Å². The fourth-order valence-corrected chi connectivity index (χ4v) is 3.32. The van der Waals surface area contributed by atoms with E-state index in [9.17, 15) is 9.59 Å². The van der Waals surface area contributed by atoms with E-state index < -0.39 is 5.97 Å². The van der Waals surface area contributed by atoms with Gasteiger partial charge >= 0.3 is 5.97 Å². The Morgan fingerprint density at radius 3 is 2.72 bits per heavy atom. The van der Waals surface area contributed by atoms with Gasteiger partial charge in [0.2, 0.25) is 0 Å². The number of carbonyl (C=O) groups is 2. The number of esters is 1. The van der Waals surface area contributed by atoms with E-state index in [0.717, 1.165) is 15.8 Å². The minimum Gasteiger partial charge on any atom is -0.451 e. The third-order valence-corrected chi connectivity index (χ3v) is 4.92. The summed E-state index contributed by atoms with van der Waals surface area (Å²) < 4.78 is 5.12. The Kier molecular flexibility index (Phi) is 5.09. The maximum absolute atomic E-state index is 12.2. The number of amides is 1. The molecule has 0 N–H and O–H groups in total.